The minimum atomic E-state index is -3.70. The van der Waals surface area contributed by atoms with Gasteiger partial charge in [-0.1, -0.05) is 17.7 Å². The molecule has 0 fully saturated rings. The van der Waals surface area contributed by atoms with Gasteiger partial charge in [-0.25, -0.2) is 13.4 Å². The Morgan fingerprint density at radius 3 is 2.41 bits per heavy atom. The van der Waals surface area contributed by atoms with Crippen LogP contribution in [0.4, 0.5) is 11.5 Å². The molecule has 5 nitrogen and oxygen atoms in total. The van der Waals surface area contributed by atoms with Gasteiger partial charge in [-0.05, 0) is 51.1 Å². The van der Waals surface area contributed by atoms with E-state index in [0.29, 0.717) is 5.02 Å². The molecule has 22 heavy (non-hydrogen) atoms. The number of sulfonamides is 1. The van der Waals surface area contributed by atoms with E-state index in [2.05, 4.69) is 15.0 Å². The highest BCUT2D eigenvalue weighted by Crippen LogP contribution is 2.20. The Bertz CT molecular complexity index is 753. The molecule has 1 aromatic carbocycles. The fraction of sp³-hybridized carbons (Fsp3) is 0.267. The number of hydrogen-bond acceptors (Lipinski definition) is 4. The zero-order chi connectivity index (χ0) is 16.4. The summed E-state index contributed by atoms with van der Waals surface area (Å²) in [6, 6.07) is 9.44. The van der Waals surface area contributed by atoms with Gasteiger partial charge in [0, 0.05) is 10.6 Å². The maximum atomic E-state index is 12.2. The number of benzene rings is 1. The SMILES string of the molecule is CC(C)(C)Nc1ccc(NS(=O)(=O)c2cccc(Cl)c2)nc1. The van der Waals surface area contributed by atoms with Gasteiger partial charge in [0.2, 0.25) is 0 Å². The topological polar surface area (TPSA) is 71.1 Å². The summed E-state index contributed by atoms with van der Waals surface area (Å²) >= 11 is 5.82. The number of pyridine rings is 1. The van der Waals surface area contributed by atoms with Crippen molar-refractivity contribution >= 4 is 33.1 Å². The Balaban J connectivity index is 2.17. The van der Waals surface area contributed by atoms with Gasteiger partial charge in [-0.15, -0.1) is 0 Å². The molecule has 2 N–H and O–H groups in total. The molecule has 0 aliphatic rings. The normalized spacial score (nSPS) is 12.0. The smallest absolute Gasteiger partial charge is 0.263 e. The molecule has 0 spiro atoms. The lowest BCUT2D eigenvalue weighted by atomic mass is 10.1. The molecule has 118 valence electrons. The van der Waals surface area contributed by atoms with E-state index in [1.807, 2.05) is 20.8 Å². The Morgan fingerprint density at radius 2 is 1.86 bits per heavy atom. The minimum absolute atomic E-state index is 0.0938. The van der Waals surface area contributed by atoms with E-state index in [1.165, 1.54) is 12.1 Å². The van der Waals surface area contributed by atoms with Crippen LogP contribution in [0.2, 0.25) is 5.02 Å². The number of anilines is 2. The van der Waals surface area contributed by atoms with E-state index in [0.717, 1.165) is 5.69 Å². The van der Waals surface area contributed by atoms with Gasteiger partial charge in [0.1, 0.15) is 5.82 Å². The van der Waals surface area contributed by atoms with Crippen molar-refractivity contribution in [3.63, 3.8) is 0 Å². The van der Waals surface area contributed by atoms with Gasteiger partial charge >= 0.3 is 0 Å². The first-order valence-corrected chi connectivity index (χ1v) is 8.54. The predicted molar refractivity (Wildman–Crippen MR) is 89.9 cm³/mol. The first kappa shape index (κ1) is 16.6. The fourth-order valence-corrected chi connectivity index (χ4v) is 3.10. The van der Waals surface area contributed by atoms with Crippen molar-refractivity contribution in [2.24, 2.45) is 0 Å². The van der Waals surface area contributed by atoms with Crippen LogP contribution >= 0.6 is 11.6 Å². The summed E-state index contributed by atoms with van der Waals surface area (Å²) in [6.45, 7) is 6.09. The second-order valence-corrected chi connectivity index (χ2v) is 7.99. The molecule has 1 aromatic heterocycles. The first-order chi connectivity index (χ1) is 10.2. The maximum absolute atomic E-state index is 12.2. The monoisotopic (exact) mass is 339 g/mol. The summed E-state index contributed by atoms with van der Waals surface area (Å²) in [5.41, 5.74) is 0.724. The van der Waals surface area contributed by atoms with E-state index in [4.69, 9.17) is 11.6 Å². The van der Waals surface area contributed by atoms with Crippen molar-refractivity contribution in [3.8, 4) is 0 Å². The van der Waals surface area contributed by atoms with Crippen molar-refractivity contribution in [3.05, 3.63) is 47.6 Å². The second-order valence-electron chi connectivity index (χ2n) is 5.87. The standard InChI is InChI=1S/C15H18ClN3O2S/c1-15(2,3)18-12-7-8-14(17-10-12)19-22(20,21)13-6-4-5-11(16)9-13/h4-10,18H,1-3H3,(H,17,19). The van der Waals surface area contributed by atoms with Gasteiger partial charge in [0.05, 0.1) is 16.8 Å². The first-order valence-electron chi connectivity index (χ1n) is 6.68. The van der Waals surface area contributed by atoms with Crippen LogP contribution in [0.1, 0.15) is 20.8 Å². The van der Waals surface area contributed by atoms with Crippen LogP contribution in [0.15, 0.2) is 47.5 Å². The minimum Gasteiger partial charge on any atom is -0.379 e. The van der Waals surface area contributed by atoms with Crippen molar-refractivity contribution in [2.45, 2.75) is 31.2 Å². The number of hydrogen-bond donors (Lipinski definition) is 2. The summed E-state index contributed by atoms with van der Waals surface area (Å²) in [6.07, 6.45) is 1.58. The van der Waals surface area contributed by atoms with E-state index in [1.54, 1.807) is 30.5 Å². The van der Waals surface area contributed by atoms with E-state index >= 15 is 0 Å². The van der Waals surface area contributed by atoms with Gasteiger partial charge < -0.3 is 5.32 Å². The molecule has 7 heteroatoms. The van der Waals surface area contributed by atoms with Crippen molar-refractivity contribution in [1.29, 1.82) is 0 Å². The molecule has 1 heterocycles. The summed E-state index contributed by atoms with van der Waals surface area (Å²) in [4.78, 5) is 4.21. The van der Waals surface area contributed by atoms with Crippen molar-refractivity contribution in [1.82, 2.24) is 4.98 Å². The number of halogens is 1. The third-order valence-electron chi connectivity index (χ3n) is 2.63. The third-order valence-corrected chi connectivity index (χ3v) is 4.22. The van der Waals surface area contributed by atoms with Gasteiger partial charge in [-0.2, -0.15) is 0 Å². The lowest BCUT2D eigenvalue weighted by Crippen LogP contribution is -2.26. The van der Waals surface area contributed by atoms with Crippen molar-refractivity contribution < 1.29 is 8.42 Å². The average Bonchev–Trinajstić information content (AvgIpc) is 2.39. The number of nitrogens with zero attached hydrogens (tertiary/aromatic N) is 1. The summed E-state index contributed by atoms with van der Waals surface area (Å²) in [7, 11) is -3.70. The summed E-state index contributed by atoms with van der Waals surface area (Å²) in [5.74, 6) is 0.249. The molecule has 2 aromatic rings. The quantitative estimate of drug-likeness (QED) is 0.890. The Morgan fingerprint density at radius 1 is 1.14 bits per heavy atom. The molecule has 0 aliphatic heterocycles. The number of nitrogens with one attached hydrogen (secondary N) is 2. The lowest BCUT2D eigenvalue weighted by Gasteiger charge is -2.21. The highest BCUT2D eigenvalue weighted by Gasteiger charge is 2.15. The number of rotatable bonds is 4. The molecule has 0 bridgehead atoms. The molecule has 0 amide bonds. The van der Waals surface area contributed by atoms with Crippen LogP contribution in [0, 0.1) is 0 Å². The molecule has 0 radical (unpaired) electrons. The van der Waals surface area contributed by atoms with Gasteiger partial charge in [0.25, 0.3) is 10.0 Å². The molecule has 0 saturated heterocycles. The largest absolute Gasteiger partial charge is 0.379 e. The summed E-state index contributed by atoms with van der Waals surface area (Å²) < 4.78 is 26.9. The van der Waals surface area contributed by atoms with E-state index < -0.39 is 10.0 Å². The zero-order valence-corrected chi connectivity index (χ0v) is 14.2. The van der Waals surface area contributed by atoms with E-state index in [-0.39, 0.29) is 16.3 Å². The predicted octanol–water partition coefficient (Wildman–Crippen LogP) is 3.75. The molecule has 0 atom stereocenters. The molecule has 0 saturated carbocycles. The molecule has 2 rings (SSSR count). The number of aromatic nitrogens is 1. The zero-order valence-electron chi connectivity index (χ0n) is 12.6. The fourth-order valence-electron chi connectivity index (χ4n) is 1.79. The Labute approximate surface area is 135 Å². The Kier molecular flexibility index (Phi) is 4.63. The Hall–Kier alpha value is -1.79. The highest BCUT2D eigenvalue weighted by molar-refractivity contribution is 7.92. The average molecular weight is 340 g/mol. The second kappa shape index (κ2) is 6.14. The molecular weight excluding hydrogens is 322 g/mol. The van der Waals surface area contributed by atoms with Crippen LogP contribution in [-0.4, -0.2) is 18.9 Å². The van der Waals surface area contributed by atoms with E-state index in [9.17, 15) is 8.42 Å². The molecule has 0 aliphatic carbocycles. The van der Waals surface area contributed by atoms with Crippen LogP contribution in [0.25, 0.3) is 0 Å². The van der Waals surface area contributed by atoms with Crippen molar-refractivity contribution in [2.75, 3.05) is 10.0 Å². The van der Waals surface area contributed by atoms with Crippen LogP contribution in [0.5, 0.6) is 0 Å². The summed E-state index contributed by atoms with van der Waals surface area (Å²) in [5, 5.41) is 3.61. The highest BCUT2D eigenvalue weighted by atomic mass is 35.5. The van der Waals surface area contributed by atoms with Gasteiger partial charge in [-0.3, -0.25) is 4.72 Å². The lowest BCUT2D eigenvalue weighted by molar-refractivity contribution is 0.601. The molecule has 0 unspecified atom stereocenters. The van der Waals surface area contributed by atoms with Crippen LogP contribution in [-0.2, 0) is 10.0 Å². The van der Waals surface area contributed by atoms with Crippen LogP contribution in [0.3, 0.4) is 0 Å². The van der Waals surface area contributed by atoms with Gasteiger partial charge in [0.15, 0.2) is 0 Å². The third kappa shape index (κ3) is 4.61. The van der Waals surface area contributed by atoms with Crippen LogP contribution < -0.4 is 10.0 Å². The molecular formula is C15H18ClN3O2S. The maximum Gasteiger partial charge on any atom is 0.263 e.